The van der Waals surface area contributed by atoms with E-state index in [1.165, 1.54) is 12.1 Å². The Kier molecular flexibility index (Phi) is 7.69. The van der Waals surface area contributed by atoms with Gasteiger partial charge in [0.1, 0.15) is 17.3 Å². The largest absolute Gasteiger partial charge is 0.497 e. The molecule has 0 aliphatic carbocycles. The van der Waals surface area contributed by atoms with Crippen LogP contribution in [0.4, 0.5) is 10.1 Å². The number of hydrogen-bond acceptors (Lipinski definition) is 6. The molecule has 7 nitrogen and oxygen atoms in total. The SMILES string of the molecule is COc1ccc(N2CCN(C(=O)c3csc(C4CCN(C(=O)Cc5ccc(F)cc5)CC4)n3)CC2)cc1. The van der Waals surface area contributed by atoms with E-state index in [1.54, 1.807) is 30.6 Å². The molecule has 5 rings (SSSR count). The number of hydrogen-bond donors (Lipinski definition) is 0. The summed E-state index contributed by atoms with van der Waals surface area (Å²) in [5.41, 5.74) is 2.47. The summed E-state index contributed by atoms with van der Waals surface area (Å²) in [6.45, 7) is 4.21. The van der Waals surface area contributed by atoms with Crippen molar-refractivity contribution in [3.8, 4) is 5.75 Å². The van der Waals surface area contributed by atoms with E-state index in [4.69, 9.17) is 9.72 Å². The van der Waals surface area contributed by atoms with Crippen LogP contribution in [-0.2, 0) is 11.2 Å². The molecule has 0 unspecified atom stereocenters. The topological polar surface area (TPSA) is 66.0 Å². The van der Waals surface area contributed by atoms with Crippen molar-refractivity contribution >= 4 is 28.8 Å². The second-order valence-corrected chi connectivity index (χ2v) is 10.4. The summed E-state index contributed by atoms with van der Waals surface area (Å²) in [6, 6.07) is 14.1. The predicted molar refractivity (Wildman–Crippen MR) is 142 cm³/mol. The van der Waals surface area contributed by atoms with Gasteiger partial charge < -0.3 is 19.4 Å². The predicted octanol–water partition coefficient (Wildman–Crippen LogP) is 4.20. The molecule has 2 saturated heterocycles. The molecule has 0 atom stereocenters. The fraction of sp³-hybridized carbons (Fsp3) is 0.393. The Bertz CT molecular complexity index is 1210. The highest BCUT2D eigenvalue weighted by Gasteiger charge is 2.28. The summed E-state index contributed by atoms with van der Waals surface area (Å²) in [6.07, 6.45) is 1.94. The summed E-state index contributed by atoms with van der Waals surface area (Å²) in [5, 5.41) is 2.85. The van der Waals surface area contributed by atoms with Gasteiger partial charge in [0.15, 0.2) is 0 Å². The van der Waals surface area contributed by atoms with Crippen molar-refractivity contribution in [1.29, 1.82) is 0 Å². The fourth-order valence-corrected chi connectivity index (χ4v) is 5.93. The molecule has 0 bridgehead atoms. The molecule has 0 radical (unpaired) electrons. The average Bonchev–Trinajstić information content (AvgIpc) is 3.44. The lowest BCUT2D eigenvalue weighted by atomic mass is 9.97. The minimum Gasteiger partial charge on any atom is -0.497 e. The number of halogens is 1. The van der Waals surface area contributed by atoms with Crippen LogP contribution in [0.3, 0.4) is 0 Å². The minimum absolute atomic E-state index is 0.0104. The van der Waals surface area contributed by atoms with E-state index in [9.17, 15) is 14.0 Å². The lowest BCUT2D eigenvalue weighted by molar-refractivity contribution is -0.131. The number of carbonyl (C=O) groups is 2. The van der Waals surface area contributed by atoms with E-state index in [0.29, 0.717) is 31.9 Å². The van der Waals surface area contributed by atoms with Crippen LogP contribution >= 0.6 is 11.3 Å². The number of methoxy groups -OCH3 is 1. The molecule has 0 N–H and O–H groups in total. The third-order valence-corrected chi connectivity index (χ3v) is 8.22. The average molecular weight is 523 g/mol. The lowest BCUT2D eigenvalue weighted by Gasteiger charge is -2.35. The fourth-order valence-electron chi connectivity index (χ4n) is 4.96. The van der Waals surface area contributed by atoms with Gasteiger partial charge in [-0.15, -0.1) is 11.3 Å². The third-order valence-electron chi connectivity index (χ3n) is 7.21. The maximum Gasteiger partial charge on any atom is 0.273 e. The smallest absolute Gasteiger partial charge is 0.273 e. The number of anilines is 1. The van der Waals surface area contributed by atoms with Gasteiger partial charge in [-0.2, -0.15) is 0 Å². The zero-order valence-electron chi connectivity index (χ0n) is 20.9. The van der Waals surface area contributed by atoms with E-state index >= 15 is 0 Å². The summed E-state index contributed by atoms with van der Waals surface area (Å²) < 4.78 is 18.3. The van der Waals surface area contributed by atoms with Crippen LogP contribution in [0.15, 0.2) is 53.9 Å². The molecular formula is C28H31FN4O3S. The first-order valence-electron chi connectivity index (χ1n) is 12.7. The second-order valence-electron chi connectivity index (χ2n) is 9.51. The van der Waals surface area contributed by atoms with Crippen molar-refractivity contribution in [1.82, 2.24) is 14.8 Å². The summed E-state index contributed by atoms with van der Waals surface area (Å²) in [5.74, 6) is 0.847. The van der Waals surface area contributed by atoms with Crippen LogP contribution in [0, 0.1) is 5.82 Å². The Balaban J connectivity index is 1.11. The summed E-state index contributed by atoms with van der Waals surface area (Å²) in [4.78, 5) is 36.5. The van der Waals surface area contributed by atoms with Gasteiger partial charge in [-0.1, -0.05) is 12.1 Å². The number of piperazine rings is 1. The molecule has 2 fully saturated rings. The summed E-state index contributed by atoms with van der Waals surface area (Å²) in [7, 11) is 1.66. The van der Waals surface area contributed by atoms with Crippen LogP contribution in [0.25, 0.3) is 0 Å². The molecule has 37 heavy (non-hydrogen) atoms. The van der Waals surface area contributed by atoms with Crippen molar-refractivity contribution in [3.63, 3.8) is 0 Å². The number of nitrogens with zero attached hydrogens (tertiary/aromatic N) is 4. The number of ether oxygens (including phenoxy) is 1. The van der Waals surface area contributed by atoms with E-state index in [2.05, 4.69) is 4.90 Å². The van der Waals surface area contributed by atoms with Gasteiger partial charge in [-0.25, -0.2) is 9.37 Å². The minimum atomic E-state index is -0.297. The Hall–Kier alpha value is -3.46. The maximum absolute atomic E-state index is 13.1. The molecule has 2 aliphatic heterocycles. The first kappa shape index (κ1) is 25.2. The number of piperidine rings is 1. The Labute approximate surface area is 220 Å². The molecule has 194 valence electrons. The number of rotatable bonds is 6. The second kappa shape index (κ2) is 11.3. The summed E-state index contributed by atoms with van der Waals surface area (Å²) >= 11 is 1.54. The van der Waals surface area contributed by atoms with Crippen LogP contribution < -0.4 is 9.64 Å². The Morgan fingerprint density at radius 2 is 1.62 bits per heavy atom. The quantitative estimate of drug-likeness (QED) is 0.486. The highest BCUT2D eigenvalue weighted by Crippen LogP contribution is 2.31. The molecule has 2 aromatic carbocycles. The zero-order valence-corrected chi connectivity index (χ0v) is 21.8. The molecule has 2 aliphatic rings. The number of likely N-dealkylation sites (tertiary alicyclic amines) is 1. The van der Waals surface area contributed by atoms with Gasteiger partial charge in [0.2, 0.25) is 5.91 Å². The maximum atomic E-state index is 13.1. The lowest BCUT2D eigenvalue weighted by Crippen LogP contribution is -2.48. The number of benzene rings is 2. The highest BCUT2D eigenvalue weighted by molar-refractivity contribution is 7.09. The van der Waals surface area contributed by atoms with Gasteiger partial charge in [0, 0.05) is 56.3 Å². The zero-order chi connectivity index (χ0) is 25.8. The highest BCUT2D eigenvalue weighted by atomic mass is 32.1. The first-order chi connectivity index (χ1) is 18.0. The third kappa shape index (κ3) is 5.93. The van der Waals surface area contributed by atoms with E-state index in [-0.39, 0.29) is 30.0 Å². The monoisotopic (exact) mass is 522 g/mol. The van der Waals surface area contributed by atoms with Crippen LogP contribution in [0.2, 0.25) is 0 Å². The van der Waals surface area contributed by atoms with Crippen molar-refractivity contribution in [2.24, 2.45) is 0 Å². The normalized spacial score (nSPS) is 16.6. The molecule has 0 saturated carbocycles. The molecule has 0 spiro atoms. The van der Waals surface area contributed by atoms with Crippen molar-refractivity contribution in [2.45, 2.75) is 25.2 Å². The molecule has 2 amide bonds. The van der Waals surface area contributed by atoms with Gasteiger partial charge in [-0.05, 0) is 54.8 Å². The molecule has 1 aromatic heterocycles. The van der Waals surface area contributed by atoms with Gasteiger partial charge >= 0.3 is 0 Å². The van der Waals surface area contributed by atoms with Gasteiger partial charge in [0.25, 0.3) is 5.91 Å². The van der Waals surface area contributed by atoms with Crippen LogP contribution in [0.5, 0.6) is 5.75 Å². The van der Waals surface area contributed by atoms with E-state index in [1.807, 2.05) is 39.4 Å². The number of aromatic nitrogens is 1. The standard InChI is InChI=1S/C28H31FN4O3S/c1-36-24-8-6-23(7-9-24)31-14-16-33(17-15-31)28(35)25-19-37-27(30-25)21-10-12-32(13-11-21)26(34)18-20-2-4-22(29)5-3-20/h2-9,19,21H,10-18H2,1H3. The van der Waals surface area contributed by atoms with Gasteiger partial charge in [0.05, 0.1) is 18.5 Å². The van der Waals surface area contributed by atoms with E-state index in [0.717, 1.165) is 47.9 Å². The molecular weight excluding hydrogens is 491 g/mol. The van der Waals surface area contributed by atoms with Crippen LogP contribution in [0.1, 0.15) is 39.8 Å². The van der Waals surface area contributed by atoms with E-state index < -0.39 is 0 Å². The first-order valence-corrected chi connectivity index (χ1v) is 13.5. The van der Waals surface area contributed by atoms with Crippen LogP contribution in [-0.4, -0.2) is 73.0 Å². The number of amides is 2. The van der Waals surface area contributed by atoms with Crippen molar-refractivity contribution in [3.05, 3.63) is 76.0 Å². The Morgan fingerprint density at radius 3 is 2.27 bits per heavy atom. The van der Waals surface area contributed by atoms with Gasteiger partial charge in [-0.3, -0.25) is 9.59 Å². The van der Waals surface area contributed by atoms with Crippen molar-refractivity contribution < 1.29 is 18.7 Å². The molecule has 3 heterocycles. The number of carbonyl (C=O) groups excluding carboxylic acids is 2. The van der Waals surface area contributed by atoms with Crippen molar-refractivity contribution in [2.75, 3.05) is 51.3 Å². The molecule has 9 heteroatoms. The Morgan fingerprint density at radius 1 is 0.946 bits per heavy atom. The molecule has 3 aromatic rings. The number of thiazole rings is 1.